The van der Waals surface area contributed by atoms with Crippen molar-refractivity contribution in [2.24, 2.45) is 0 Å². The van der Waals surface area contributed by atoms with E-state index >= 15 is 0 Å². The number of para-hydroxylation sites is 3. The molecule has 0 aliphatic rings. The van der Waals surface area contributed by atoms with Crippen LogP contribution in [-0.4, -0.2) is 7.05 Å². The molecule has 0 bridgehead atoms. The van der Waals surface area contributed by atoms with Crippen LogP contribution in [0, 0.1) is 0 Å². The van der Waals surface area contributed by atoms with E-state index in [4.69, 9.17) is 8.83 Å². The maximum Gasteiger partial charge on any atom is 0.143 e. The van der Waals surface area contributed by atoms with Gasteiger partial charge in [0.25, 0.3) is 0 Å². The normalized spacial score (nSPS) is 11.6. The Hall–Kier alpha value is -5.28. The third-order valence-corrected chi connectivity index (χ3v) is 7.94. The van der Waals surface area contributed by atoms with Crippen LogP contribution in [0.4, 0.5) is 11.4 Å². The SMILES string of the molecule is CN(c1ccc(-c2cccc3c2oc2ccccc23)cc1)c1ccc(-c2cccc3oc4ccccc4c23)cc1. The molecule has 6 aromatic carbocycles. The molecule has 0 amide bonds. The van der Waals surface area contributed by atoms with E-state index in [0.717, 1.165) is 66.4 Å². The zero-order valence-electron chi connectivity index (χ0n) is 22.0. The summed E-state index contributed by atoms with van der Waals surface area (Å²) >= 11 is 0. The van der Waals surface area contributed by atoms with E-state index in [9.17, 15) is 0 Å². The molecule has 0 radical (unpaired) electrons. The number of hydrogen-bond acceptors (Lipinski definition) is 3. The van der Waals surface area contributed by atoms with Crippen LogP contribution in [-0.2, 0) is 0 Å². The first kappa shape index (κ1) is 22.7. The van der Waals surface area contributed by atoms with Gasteiger partial charge in [0, 0.05) is 45.5 Å². The second-order valence-corrected chi connectivity index (χ2v) is 10.2. The van der Waals surface area contributed by atoms with Crippen LogP contribution >= 0.6 is 0 Å². The van der Waals surface area contributed by atoms with Crippen LogP contribution in [0.1, 0.15) is 0 Å². The predicted octanol–water partition coefficient (Wildman–Crippen LogP) is 10.6. The van der Waals surface area contributed by atoms with E-state index in [1.807, 2.05) is 30.3 Å². The summed E-state index contributed by atoms with van der Waals surface area (Å²) in [5.41, 5.74) is 10.5. The summed E-state index contributed by atoms with van der Waals surface area (Å²) in [4.78, 5) is 2.21. The molecule has 8 aromatic rings. The summed E-state index contributed by atoms with van der Waals surface area (Å²) in [6, 6.07) is 46.5. The molecule has 0 N–H and O–H groups in total. The van der Waals surface area contributed by atoms with Crippen molar-refractivity contribution in [3.05, 3.63) is 133 Å². The highest BCUT2D eigenvalue weighted by molar-refractivity contribution is 6.12. The molecule has 3 heteroatoms. The molecule has 0 saturated carbocycles. The number of anilines is 2. The molecule has 3 nitrogen and oxygen atoms in total. The summed E-state index contributed by atoms with van der Waals surface area (Å²) in [5, 5.41) is 4.60. The molecule has 0 spiro atoms. The lowest BCUT2D eigenvalue weighted by atomic mass is 9.99. The topological polar surface area (TPSA) is 29.5 Å². The lowest BCUT2D eigenvalue weighted by Gasteiger charge is -2.20. The Morgan fingerprint density at radius 2 is 0.950 bits per heavy atom. The van der Waals surface area contributed by atoms with Crippen LogP contribution in [0.25, 0.3) is 66.1 Å². The fourth-order valence-electron chi connectivity index (χ4n) is 5.87. The van der Waals surface area contributed by atoms with Gasteiger partial charge in [0.05, 0.1) is 0 Å². The van der Waals surface area contributed by atoms with Crippen LogP contribution in [0.15, 0.2) is 142 Å². The summed E-state index contributed by atoms with van der Waals surface area (Å²) in [6.07, 6.45) is 0. The van der Waals surface area contributed by atoms with E-state index in [1.165, 1.54) is 11.1 Å². The standard InChI is InChI=1S/C37H25NO2/c1-38(26-20-16-24(17-21-26)28-10-7-15-35-36(28)32-9-3-5-14-34(32)39-35)27-22-18-25(19-23-27)29-11-6-12-31-30-8-2-4-13-33(30)40-37(29)31/h2-23H,1H3. The monoisotopic (exact) mass is 515 g/mol. The van der Waals surface area contributed by atoms with Gasteiger partial charge in [0.15, 0.2) is 0 Å². The molecule has 0 aliphatic heterocycles. The molecule has 2 aromatic heterocycles. The third kappa shape index (κ3) is 3.52. The maximum absolute atomic E-state index is 6.26. The van der Waals surface area contributed by atoms with Crippen molar-refractivity contribution in [2.45, 2.75) is 0 Å². The Morgan fingerprint density at radius 1 is 0.425 bits per heavy atom. The molecule has 0 saturated heterocycles. The first-order chi connectivity index (χ1) is 19.7. The van der Waals surface area contributed by atoms with Gasteiger partial charge in [0.1, 0.15) is 22.3 Å². The summed E-state index contributed by atoms with van der Waals surface area (Å²) < 4.78 is 12.4. The van der Waals surface area contributed by atoms with Crippen LogP contribution < -0.4 is 4.90 Å². The lowest BCUT2D eigenvalue weighted by molar-refractivity contribution is 0.669. The van der Waals surface area contributed by atoms with Crippen molar-refractivity contribution < 1.29 is 8.83 Å². The maximum atomic E-state index is 6.26. The molecule has 0 aliphatic carbocycles. The van der Waals surface area contributed by atoms with Gasteiger partial charge in [-0.3, -0.25) is 0 Å². The Kier molecular flexibility index (Phi) is 5.04. The Balaban J connectivity index is 1.11. The minimum absolute atomic E-state index is 0.915. The van der Waals surface area contributed by atoms with Crippen molar-refractivity contribution >= 4 is 55.3 Å². The van der Waals surface area contributed by atoms with E-state index < -0.39 is 0 Å². The molecule has 0 unspecified atom stereocenters. The number of fused-ring (bicyclic) bond motifs is 6. The highest BCUT2D eigenvalue weighted by atomic mass is 16.3. The van der Waals surface area contributed by atoms with Gasteiger partial charge < -0.3 is 13.7 Å². The van der Waals surface area contributed by atoms with Crippen molar-refractivity contribution in [3.63, 3.8) is 0 Å². The number of nitrogens with zero attached hydrogens (tertiary/aromatic N) is 1. The van der Waals surface area contributed by atoms with Crippen molar-refractivity contribution in [3.8, 4) is 22.3 Å². The molecular formula is C37H25NO2. The second-order valence-electron chi connectivity index (χ2n) is 10.2. The molecule has 0 fully saturated rings. The van der Waals surface area contributed by atoms with Gasteiger partial charge in [-0.1, -0.05) is 91.0 Å². The van der Waals surface area contributed by atoms with Crippen molar-refractivity contribution in [1.29, 1.82) is 0 Å². The van der Waals surface area contributed by atoms with Crippen LogP contribution in [0.5, 0.6) is 0 Å². The first-order valence-corrected chi connectivity index (χ1v) is 13.5. The zero-order valence-corrected chi connectivity index (χ0v) is 22.0. The lowest BCUT2D eigenvalue weighted by Crippen LogP contribution is -2.08. The largest absolute Gasteiger partial charge is 0.456 e. The predicted molar refractivity (Wildman–Crippen MR) is 166 cm³/mol. The molecule has 8 rings (SSSR count). The van der Waals surface area contributed by atoms with Crippen LogP contribution in [0.3, 0.4) is 0 Å². The number of rotatable bonds is 4. The Morgan fingerprint density at radius 3 is 1.68 bits per heavy atom. The molecular weight excluding hydrogens is 490 g/mol. The average Bonchev–Trinajstić information content (AvgIpc) is 3.59. The van der Waals surface area contributed by atoms with Gasteiger partial charge in [-0.05, 0) is 59.2 Å². The molecule has 190 valence electrons. The van der Waals surface area contributed by atoms with Gasteiger partial charge in [0.2, 0.25) is 0 Å². The summed E-state index contributed by atoms with van der Waals surface area (Å²) in [6.45, 7) is 0. The summed E-state index contributed by atoms with van der Waals surface area (Å²) in [5.74, 6) is 0. The minimum atomic E-state index is 0.915. The fraction of sp³-hybridized carbons (Fsp3) is 0.0270. The molecule has 0 atom stereocenters. The first-order valence-electron chi connectivity index (χ1n) is 13.5. The van der Waals surface area contributed by atoms with E-state index in [-0.39, 0.29) is 0 Å². The highest BCUT2D eigenvalue weighted by Crippen LogP contribution is 2.39. The van der Waals surface area contributed by atoms with Gasteiger partial charge in [-0.2, -0.15) is 0 Å². The molecule has 40 heavy (non-hydrogen) atoms. The Labute approximate surface area is 231 Å². The van der Waals surface area contributed by atoms with Crippen molar-refractivity contribution in [1.82, 2.24) is 0 Å². The minimum Gasteiger partial charge on any atom is -0.456 e. The zero-order chi connectivity index (χ0) is 26.6. The number of hydrogen-bond donors (Lipinski definition) is 0. The van der Waals surface area contributed by atoms with Gasteiger partial charge >= 0.3 is 0 Å². The smallest absolute Gasteiger partial charge is 0.143 e. The van der Waals surface area contributed by atoms with E-state index in [0.29, 0.717) is 0 Å². The number of benzene rings is 6. The number of furan rings is 2. The third-order valence-electron chi connectivity index (χ3n) is 7.94. The van der Waals surface area contributed by atoms with Crippen molar-refractivity contribution in [2.75, 3.05) is 11.9 Å². The van der Waals surface area contributed by atoms with E-state index in [1.54, 1.807) is 0 Å². The van der Waals surface area contributed by atoms with Crippen LogP contribution in [0.2, 0.25) is 0 Å². The average molecular weight is 516 g/mol. The Bertz CT molecular complexity index is 2170. The quantitative estimate of drug-likeness (QED) is 0.233. The van der Waals surface area contributed by atoms with E-state index in [2.05, 4.69) is 115 Å². The van der Waals surface area contributed by atoms with Gasteiger partial charge in [-0.15, -0.1) is 0 Å². The van der Waals surface area contributed by atoms with Gasteiger partial charge in [-0.25, -0.2) is 0 Å². The fourth-order valence-corrected chi connectivity index (χ4v) is 5.87. The molecule has 2 heterocycles. The second kappa shape index (κ2) is 8.89. The highest BCUT2D eigenvalue weighted by Gasteiger charge is 2.14. The summed E-state index contributed by atoms with van der Waals surface area (Å²) in [7, 11) is 2.11.